The number of anilines is 2. The van der Waals surface area contributed by atoms with Crippen molar-refractivity contribution in [1.82, 2.24) is 0 Å². The van der Waals surface area contributed by atoms with Crippen LogP contribution in [0, 0.1) is 0 Å². The van der Waals surface area contributed by atoms with Crippen LogP contribution in [0.2, 0.25) is 5.02 Å². The Morgan fingerprint density at radius 2 is 1.85 bits per heavy atom. The van der Waals surface area contributed by atoms with Crippen LogP contribution in [0.3, 0.4) is 0 Å². The van der Waals surface area contributed by atoms with Gasteiger partial charge >= 0.3 is 0 Å². The topological polar surface area (TPSA) is 92.5 Å². The number of carbonyl (C=O) groups is 1. The summed E-state index contributed by atoms with van der Waals surface area (Å²) in [5, 5.41) is 8.49. The van der Waals surface area contributed by atoms with Crippen LogP contribution in [-0.4, -0.2) is 27.4 Å². The lowest BCUT2D eigenvalue weighted by molar-refractivity contribution is 0.102. The summed E-state index contributed by atoms with van der Waals surface area (Å²) in [4.78, 5) is 14.8. The number of primary sulfonamides is 1. The first-order valence-electron chi connectivity index (χ1n) is 7.94. The van der Waals surface area contributed by atoms with Gasteiger partial charge < -0.3 is 10.2 Å². The number of rotatable bonds is 4. The van der Waals surface area contributed by atoms with Gasteiger partial charge in [0, 0.05) is 22.6 Å². The highest BCUT2D eigenvalue weighted by Crippen LogP contribution is 2.32. The van der Waals surface area contributed by atoms with E-state index in [4.69, 9.17) is 16.7 Å². The highest BCUT2D eigenvalue weighted by Gasteiger charge is 2.20. The molecule has 0 saturated carbocycles. The van der Waals surface area contributed by atoms with E-state index < -0.39 is 15.9 Å². The van der Waals surface area contributed by atoms with Gasteiger partial charge in [0.2, 0.25) is 10.0 Å². The maximum absolute atomic E-state index is 12.8. The number of nitrogens with two attached hydrogens (primary N) is 1. The first kappa shape index (κ1) is 19.2. The van der Waals surface area contributed by atoms with Gasteiger partial charge in [-0.05, 0) is 65.2 Å². The quantitative estimate of drug-likeness (QED) is 0.732. The van der Waals surface area contributed by atoms with Crippen LogP contribution in [0.5, 0.6) is 0 Å². The summed E-state index contributed by atoms with van der Waals surface area (Å²) in [7, 11) is -3.91. The molecule has 1 aliphatic heterocycles. The number of sulfonamides is 1. The van der Waals surface area contributed by atoms with E-state index in [1.807, 2.05) is 6.07 Å². The second-order valence-corrected chi connectivity index (χ2v) is 8.85. The van der Waals surface area contributed by atoms with E-state index in [0.717, 1.165) is 31.6 Å². The third-order valence-corrected chi connectivity index (χ3v) is 6.00. The number of benzene rings is 2. The molecule has 138 valence electrons. The fourth-order valence-corrected chi connectivity index (χ4v) is 4.03. The number of amides is 1. The van der Waals surface area contributed by atoms with Crippen LogP contribution in [0.15, 0.2) is 45.8 Å². The Labute approximate surface area is 165 Å². The van der Waals surface area contributed by atoms with Crippen molar-refractivity contribution >= 4 is 54.8 Å². The van der Waals surface area contributed by atoms with Gasteiger partial charge in [0.15, 0.2) is 0 Å². The molecule has 1 amide bonds. The van der Waals surface area contributed by atoms with Crippen molar-refractivity contribution in [2.24, 2.45) is 5.14 Å². The van der Waals surface area contributed by atoms with Gasteiger partial charge in [-0.15, -0.1) is 0 Å². The Kier molecular flexibility index (Phi) is 5.57. The second kappa shape index (κ2) is 7.56. The van der Waals surface area contributed by atoms with E-state index in [9.17, 15) is 13.2 Å². The maximum Gasteiger partial charge on any atom is 0.256 e. The number of hydrogen-bond donors (Lipinski definition) is 2. The Morgan fingerprint density at radius 1 is 1.15 bits per heavy atom. The number of nitrogens with zero attached hydrogens (tertiary/aromatic N) is 1. The molecule has 6 nitrogen and oxygen atoms in total. The van der Waals surface area contributed by atoms with Crippen molar-refractivity contribution in [3.63, 3.8) is 0 Å². The highest BCUT2D eigenvalue weighted by atomic mass is 79.9. The Hall–Kier alpha value is -1.61. The van der Waals surface area contributed by atoms with Gasteiger partial charge in [-0.3, -0.25) is 4.79 Å². The van der Waals surface area contributed by atoms with E-state index in [2.05, 4.69) is 26.1 Å². The van der Waals surface area contributed by atoms with Crippen molar-refractivity contribution in [2.75, 3.05) is 23.3 Å². The molecule has 0 aromatic heterocycles. The average Bonchev–Trinajstić information content (AvgIpc) is 3.08. The number of hydrogen-bond acceptors (Lipinski definition) is 4. The summed E-state index contributed by atoms with van der Waals surface area (Å²) >= 11 is 9.37. The minimum Gasteiger partial charge on any atom is -0.370 e. The monoisotopic (exact) mass is 457 g/mol. The summed E-state index contributed by atoms with van der Waals surface area (Å²) < 4.78 is 23.6. The van der Waals surface area contributed by atoms with E-state index in [1.54, 1.807) is 12.1 Å². The third kappa shape index (κ3) is 4.20. The molecule has 26 heavy (non-hydrogen) atoms. The van der Waals surface area contributed by atoms with Gasteiger partial charge in [-0.2, -0.15) is 0 Å². The summed E-state index contributed by atoms with van der Waals surface area (Å²) in [5.74, 6) is -0.454. The standard InChI is InChI=1S/C17H17BrClN3O3S/c18-14-5-4-12(26(20,24)25)10-13(14)17(23)21-15-9-11(19)3-6-16(15)22-7-1-2-8-22/h3-6,9-10H,1-2,7-8H2,(H,21,23)(H2,20,24,25). The molecule has 1 fully saturated rings. The Morgan fingerprint density at radius 3 is 2.50 bits per heavy atom. The normalized spacial score (nSPS) is 14.5. The van der Waals surface area contributed by atoms with Crippen molar-refractivity contribution in [2.45, 2.75) is 17.7 Å². The molecular formula is C17H17BrClN3O3S. The van der Waals surface area contributed by atoms with Gasteiger partial charge in [-0.25, -0.2) is 13.6 Å². The predicted molar refractivity (Wildman–Crippen MR) is 106 cm³/mol. The fourth-order valence-electron chi connectivity index (χ4n) is 2.89. The van der Waals surface area contributed by atoms with E-state index in [1.165, 1.54) is 18.2 Å². The molecule has 2 aromatic rings. The van der Waals surface area contributed by atoms with Crippen LogP contribution in [-0.2, 0) is 10.0 Å². The lowest BCUT2D eigenvalue weighted by Crippen LogP contribution is -2.21. The predicted octanol–water partition coefficient (Wildman–Crippen LogP) is 3.60. The molecule has 1 heterocycles. The van der Waals surface area contributed by atoms with Gasteiger partial charge in [0.1, 0.15) is 0 Å². The van der Waals surface area contributed by atoms with Gasteiger partial charge in [0.25, 0.3) is 5.91 Å². The summed E-state index contributed by atoms with van der Waals surface area (Å²) in [6, 6.07) is 9.40. The fraction of sp³-hybridized carbons (Fsp3) is 0.235. The first-order chi connectivity index (χ1) is 12.3. The summed E-state index contributed by atoms with van der Waals surface area (Å²) in [6.45, 7) is 1.82. The van der Waals surface area contributed by atoms with Crippen LogP contribution < -0.4 is 15.4 Å². The lowest BCUT2D eigenvalue weighted by Gasteiger charge is -2.22. The average molecular weight is 459 g/mol. The maximum atomic E-state index is 12.8. The van der Waals surface area contributed by atoms with E-state index in [-0.39, 0.29) is 10.5 Å². The molecule has 0 atom stereocenters. The number of nitrogens with one attached hydrogen (secondary N) is 1. The summed E-state index contributed by atoms with van der Waals surface area (Å²) in [5.41, 5.74) is 1.64. The largest absolute Gasteiger partial charge is 0.370 e. The molecule has 0 bridgehead atoms. The zero-order chi connectivity index (χ0) is 18.9. The zero-order valence-corrected chi connectivity index (χ0v) is 16.9. The SMILES string of the molecule is NS(=O)(=O)c1ccc(Br)c(C(=O)Nc2cc(Cl)ccc2N2CCCC2)c1. The first-order valence-corrected chi connectivity index (χ1v) is 10.7. The molecule has 0 unspecified atom stereocenters. The van der Waals surface area contributed by atoms with Gasteiger partial charge in [0.05, 0.1) is 21.8 Å². The van der Waals surface area contributed by atoms with Crippen LogP contribution in [0.1, 0.15) is 23.2 Å². The molecule has 2 aromatic carbocycles. The van der Waals surface area contributed by atoms with Gasteiger partial charge in [-0.1, -0.05) is 11.6 Å². The molecule has 0 spiro atoms. The minimum atomic E-state index is -3.91. The van der Waals surface area contributed by atoms with Crippen LogP contribution in [0.4, 0.5) is 11.4 Å². The molecule has 9 heteroatoms. The summed E-state index contributed by atoms with van der Waals surface area (Å²) in [6.07, 6.45) is 2.19. The molecular weight excluding hydrogens is 442 g/mol. The second-order valence-electron chi connectivity index (χ2n) is 6.00. The number of carbonyl (C=O) groups excluding carboxylic acids is 1. The number of halogens is 2. The van der Waals surface area contributed by atoms with E-state index >= 15 is 0 Å². The Bertz CT molecular complexity index is 960. The van der Waals surface area contributed by atoms with Crippen molar-refractivity contribution < 1.29 is 13.2 Å². The minimum absolute atomic E-state index is 0.128. The van der Waals surface area contributed by atoms with Crippen molar-refractivity contribution in [3.05, 3.63) is 51.5 Å². The molecule has 0 radical (unpaired) electrons. The molecule has 3 rings (SSSR count). The van der Waals surface area contributed by atoms with Crippen LogP contribution >= 0.6 is 27.5 Å². The van der Waals surface area contributed by atoms with E-state index in [0.29, 0.717) is 15.2 Å². The Balaban J connectivity index is 1.95. The zero-order valence-electron chi connectivity index (χ0n) is 13.7. The lowest BCUT2D eigenvalue weighted by atomic mass is 10.2. The highest BCUT2D eigenvalue weighted by molar-refractivity contribution is 9.10. The molecule has 1 saturated heterocycles. The van der Waals surface area contributed by atoms with Crippen molar-refractivity contribution in [1.29, 1.82) is 0 Å². The molecule has 3 N–H and O–H groups in total. The van der Waals surface area contributed by atoms with Crippen molar-refractivity contribution in [3.8, 4) is 0 Å². The third-order valence-electron chi connectivity index (χ3n) is 4.16. The molecule has 0 aliphatic carbocycles. The van der Waals surface area contributed by atoms with Crippen LogP contribution in [0.25, 0.3) is 0 Å². The smallest absolute Gasteiger partial charge is 0.256 e. The molecule has 1 aliphatic rings.